The highest BCUT2D eigenvalue weighted by molar-refractivity contribution is 5.94. The number of hydrogen-bond acceptors (Lipinski definition) is 4. The van der Waals surface area contributed by atoms with E-state index in [4.69, 9.17) is 0 Å². The largest absolute Gasteiger partial charge is 0.435 e. The summed E-state index contributed by atoms with van der Waals surface area (Å²) in [5, 5.41) is 0. The first-order valence-electron chi connectivity index (χ1n) is 7.73. The molecule has 0 N–H and O–H groups in total. The van der Waals surface area contributed by atoms with Crippen molar-refractivity contribution in [3.63, 3.8) is 0 Å². The number of ether oxygens (including phenoxy) is 1. The lowest BCUT2D eigenvalue weighted by molar-refractivity contribution is -0.0499. The van der Waals surface area contributed by atoms with Gasteiger partial charge < -0.3 is 9.64 Å². The SMILES string of the molecule is O=C(c1cccc(OC(F)F)c1)N1CCC[C@@H](c2ccncn2)C1. The van der Waals surface area contributed by atoms with Crippen molar-refractivity contribution in [3.8, 4) is 5.75 Å². The maximum absolute atomic E-state index is 12.7. The molecule has 1 aromatic heterocycles. The van der Waals surface area contributed by atoms with Gasteiger partial charge in [0.15, 0.2) is 0 Å². The second-order valence-electron chi connectivity index (χ2n) is 5.63. The standard InChI is InChI=1S/C17H17F2N3O2/c18-17(19)24-14-5-1-3-12(9-14)16(23)22-8-2-4-13(10-22)15-6-7-20-11-21-15/h1,3,5-7,9,11,13,17H,2,4,8,10H2/t13-/m1/s1. The topological polar surface area (TPSA) is 55.3 Å². The number of likely N-dealkylation sites (tertiary alicyclic amines) is 1. The van der Waals surface area contributed by atoms with Crippen molar-refractivity contribution in [3.05, 3.63) is 54.1 Å². The minimum Gasteiger partial charge on any atom is -0.435 e. The molecule has 0 unspecified atom stereocenters. The van der Waals surface area contributed by atoms with Crippen molar-refractivity contribution in [1.82, 2.24) is 14.9 Å². The fraction of sp³-hybridized carbons (Fsp3) is 0.353. The Hall–Kier alpha value is -2.57. The second-order valence-corrected chi connectivity index (χ2v) is 5.63. The van der Waals surface area contributed by atoms with Gasteiger partial charge in [-0.1, -0.05) is 6.07 Å². The first-order valence-corrected chi connectivity index (χ1v) is 7.73. The van der Waals surface area contributed by atoms with Gasteiger partial charge in [0.25, 0.3) is 5.91 Å². The van der Waals surface area contributed by atoms with Gasteiger partial charge in [0, 0.05) is 36.5 Å². The van der Waals surface area contributed by atoms with Crippen LogP contribution < -0.4 is 4.74 Å². The minimum absolute atomic E-state index is 0.0137. The number of alkyl halides is 2. The predicted octanol–water partition coefficient (Wildman–Crippen LogP) is 3.10. The van der Waals surface area contributed by atoms with E-state index in [-0.39, 0.29) is 17.6 Å². The Balaban J connectivity index is 1.72. The van der Waals surface area contributed by atoms with E-state index in [1.54, 1.807) is 17.2 Å². The highest BCUT2D eigenvalue weighted by Gasteiger charge is 2.26. The van der Waals surface area contributed by atoms with Crippen molar-refractivity contribution >= 4 is 5.91 Å². The summed E-state index contributed by atoms with van der Waals surface area (Å²) in [6.45, 7) is -1.72. The van der Waals surface area contributed by atoms with Gasteiger partial charge in [-0.3, -0.25) is 4.79 Å². The molecule has 1 fully saturated rings. The Morgan fingerprint density at radius 1 is 1.33 bits per heavy atom. The van der Waals surface area contributed by atoms with Gasteiger partial charge in [0.05, 0.1) is 0 Å². The first kappa shape index (κ1) is 16.3. The van der Waals surface area contributed by atoms with Gasteiger partial charge in [0.1, 0.15) is 12.1 Å². The number of rotatable bonds is 4. The molecule has 1 aliphatic heterocycles. The summed E-state index contributed by atoms with van der Waals surface area (Å²) in [6, 6.07) is 7.76. The van der Waals surface area contributed by atoms with Crippen LogP contribution in [-0.4, -0.2) is 40.5 Å². The van der Waals surface area contributed by atoms with Gasteiger partial charge in [-0.15, -0.1) is 0 Å². The van der Waals surface area contributed by atoms with Crippen LogP contribution in [0.2, 0.25) is 0 Å². The smallest absolute Gasteiger partial charge is 0.387 e. The number of hydrogen-bond donors (Lipinski definition) is 0. The van der Waals surface area contributed by atoms with E-state index < -0.39 is 6.61 Å². The molecule has 1 aliphatic rings. The summed E-state index contributed by atoms with van der Waals surface area (Å²) in [5.41, 5.74) is 1.26. The zero-order valence-electron chi connectivity index (χ0n) is 12.9. The summed E-state index contributed by atoms with van der Waals surface area (Å²) in [5.74, 6) is -0.0418. The average molecular weight is 333 g/mol. The number of piperidine rings is 1. The first-order chi connectivity index (χ1) is 11.6. The summed E-state index contributed by atoms with van der Waals surface area (Å²) in [4.78, 5) is 22.6. The lowest BCUT2D eigenvalue weighted by Gasteiger charge is -2.32. The molecule has 2 heterocycles. The van der Waals surface area contributed by atoms with Gasteiger partial charge in [0.2, 0.25) is 0 Å². The minimum atomic E-state index is -2.91. The van der Waals surface area contributed by atoms with Crippen LogP contribution >= 0.6 is 0 Å². The number of aromatic nitrogens is 2. The predicted molar refractivity (Wildman–Crippen MR) is 83.0 cm³/mol. The molecule has 1 amide bonds. The summed E-state index contributed by atoms with van der Waals surface area (Å²) in [7, 11) is 0. The summed E-state index contributed by atoms with van der Waals surface area (Å²) < 4.78 is 29.0. The number of benzene rings is 1. The highest BCUT2D eigenvalue weighted by Crippen LogP contribution is 2.26. The van der Waals surface area contributed by atoms with Gasteiger partial charge in [-0.25, -0.2) is 9.97 Å². The van der Waals surface area contributed by atoms with E-state index in [1.807, 2.05) is 6.07 Å². The lowest BCUT2D eigenvalue weighted by Crippen LogP contribution is -2.39. The summed E-state index contributed by atoms with van der Waals surface area (Å²) in [6.07, 6.45) is 5.01. The fourth-order valence-electron chi connectivity index (χ4n) is 2.93. The molecule has 5 nitrogen and oxygen atoms in total. The third kappa shape index (κ3) is 3.84. The molecular formula is C17H17F2N3O2. The van der Waals surface area contributed by atoms with Gasteiger partial charge in [-0.2, -0.15) is 8.78 Å². The van der Waals surface area contributed by atoms with Crippen LogP contribution in [0.1, 0.15) is 34.8 Å². The van der Waals surface area contributed by atoms with E-state index in [2.05, 4.69) is 14.7 Å². The zero-order valence-corrected chi connectivity index (χ0v) is 12.9. The molecule has 1 saturated heterocycles. The zero-order chi connectivity index (χ0) is 16.9. The Bertz CT molecular complexity index is 697. The number of amides is 1. The Morgan fingerprint density at radius 2 is 2.21 bits per heavy atom. The van der Waals surface area contributed by atoms with Crippen LogP contribution in [0.25, 0.3) is 0 Å². The normalized spacial score (nSPS) is 17.8. The second kappa shape index (κ2) is 7.33. The molecule has 0 saturated carbocycles. The molecular weight excluding hydrogens is 316 g/mol. The molecule has 0 aliphatic carbocycles. The quantitative estimate of drug-likeness (QED) is 0.863. The third-order valence-corrected chi connectivity index (χ3v) is 4.04. The van der Waals surface area contributed by atoms with Crippen LogP contribution in [0.5, 0.6) is 5.75 Å². The number of nitrogens with zero attached hydrogens (tertiary/aromatic N) is 3. The Morgan fingerprint density at radius 3 is 2.96 bits per heavy atom. The molecule has 126 valence electrons. The van der Waals surface area contributed by atoms with Crippen molar-refractivity contribution < 1.29 is 18.3 Å². The van der Waals surface area contributed by atoms with Crippen molar-refractivity contribution in [1.29, 1.82) is 0 Å². The average Bonchev–Trinajstić information content (AvgIpc) is 2.62. The van der Waals surface area contributed by atoms with Crippen LogP contribution in [0.3, 0.4) is 0 Å². The molecule has 1 aromatic carbocycles. The molecule has 0 spiro atoms. The Labute approximate surface area is 138 Å². The summed E-state index contributed by atoms with van der Waals surface area (Å²) >= 11 is 0. The molecule has 1 atom stereocenters. The van der Waals surface area contributed by atoms with Crippen molar-refractivity contribution in [2.24, 2.45) is 0 Å². The van der Waals surface area contributed by atoms with Gasteiger partial charge >= 0.3 is 6.61 Å². The molecule has 2 aromatic rings. The van der Waals surface area contributed by atoms with Crippen LogP contribution in [0, 0.1) is 0 Å². The number of carbonyl (C=O) groups excluding carboxylic acids is 1. The maximum atomic E-state index is 12.7. The van der Waals surface area contributed by atoms with E-state index in [1.165, 1.54) is 24.5 Å². The number of halogens is 2. The molecule has 0 bridgehead atoms. The molecule has 24 heavy (non-hydrogen) atoms. The van der Waals surface area contributed by atoms with E-state index in [0.29, 0.717) is 18.7 Å². The highest BCUT2D eigenvalue weighted by atomic mass is 19.3. The van der Waals surface area contributed by atoms with Gasteiger partial charge in [-0.05, 0) is 37.1 Å². The molecule has 7 heteroatoms. The van der Waals surface area contributed by atoms with Crippen molar-refractivity contribution in [2.75, 3.05) is 13.1 Å². The molecule has 3 rings (SSSR count). The monoisotopic (exact) mass is 333 g/mol. The third-order valence-electron chi connectivity index (χ3n) is 4.04. The van der Waals surface area contributed by atoms with E-state index in [0.717, 1.165) is 18.5 Å². The molecule has 0 radical (unpaired) electrons. The lowest BCUT2D eigenvalue weighted by atomic mass is 9.94. The van der Waals surface area contributed by atoms with E-state index in [9.17, 15) is 13.6 Å². The fourth-order valence-corrected chi connectivity index (χ4v) is 2.93. The maximum Gasteiger partial charge on any atom is 0.387 e. The Kier molecular flexibility index (Phi) is 4.98. The van der Waals surface area contributed by atoms with E-state index >= 15 is 0 Å². The van der Waals surface area contributed by atoms with Crippen molar-refractivity contribution in [2.45, 2.75) is 25.4 Å². The van der Waals surface area contributed by atoms with Crippen LogP contribution in [-0.2, 0) is 0 Å². The number of carbonyl (C=O) groups is 1. The van der Waals surface area contributed by atoms with Crippen LogP contribution in [0.4, 0.5) is 8.78 Å². The van der Waals surface area contributed by atoms with Crippen LogP contribution in [0.15, 0.2) is 42.9 Å².